The Morgan fingerprint density at radius 2 is 2.16 bits per heavy atom. The van der Waals surface area contributed by atoms with Crippen molar-refractivity contribution >= 4 is 16.8 Å². The Kier molecular flexibility index (Phi) is 4.29. The Bertz CT molecular complexity index is 761. The number of aromatic amines is 1. The molecule has 25 heavy (non-hydrogen) atoms. The molecule has 0 bridgehead atoms. The molecule has 0 aliphatic carbocycles. The van der Waals surface area contributed by atoms with Gasteiger partial charge in [-0.05, 0) is 45.3 Å². The molecule has 4 rings (SSSR count). The third-order valence-electron chi connectivity index (χ3n) is 5.99. The first-order valence-electron chi connectivity index (χ1n) is 9.27. The van der Waals surface area contributed by atoms with E-state index in [9.17, 15) is 4.79 Å². The van der Waals surface area contributed by atoms with Crippen LogP contribution >= 0.6 is 0 Å². The van der Waals surface area contributed by atoms with Crippen molar-refractivity contribution in [1.29, 1.82) is 0 Å². The van der Waals surface area contributed by atoms with Crippen LogP contribution in [-0.4, -0.2) is 66.1 Å². The van der Waals surface area contributed by atoms with Gasteiger partial charge in [0.2, 0.25) is 0 Å². The highest BCUT2D eigenvalue weighted by atomic mass is 16.5. The van der Waals surface area contributed by atoms with E-state index < -0.39 is 0 Å². The summed E-state index contributed by atoms with van der Waals surface area (Å²) in [6, 6.07) is 8.00. The molecular weight excluding hydrogens is 314 g/mol. The highest BCUT2D eigenvalue weighted by molar-refractivity contribution is 6.07. The summed E-state index contributed by atoms with van der Waals surface area (Å²) in [5.41, 5.74) is 1.95. The molecular formula is C20H27N3O2. The zero-order valence-electron chi connectivity index (χ0n) is 15.1. The summed E-state index contributed by atoms with van der Waals surface area (Å²) in [5, 5.41) is 1.01. The zero-order valence-corrected chi connectivity index (χ0v) is 15.1. The maximum Gasteiger partial charge on any atom is 0.256 e. The molecule has 134 valence electrons. The topological polar surface area (TPSA) is 48.6 Å². The number of amides is 1. The first-order valence-corrected chi connectivity index (χ1v) is 9.27. The van der Waals surface area contributed by atoms with Crippen molar-refractivity contribution in [3.8, 4) is 0 Å². The van der Waals surface area contributed by atoms with Crippen molar-refractivity contribution in [3.63, 3.8) is 0 Å². The fourth-order valence-corrected chi connectivity index (χ4v) is 4.43. The molecule has 2 aliphatic heterocycles. The average molecular weight is 341 g/mol. The van der Waals surface area contributed by atoms with Gasteiger partial charge >= 0.3 is 0 Å². The van der Waals surface area contributed by atoms with Crippen molar-refractivity contribution in [2.75, 3.05) is 39.9 Å². The number of carbonyl (C=O) groups excluding carboxylic acids is 1. The fraction of sp³-hybridized carbons (Fsp3) is 0.550. The van der Waals surface area contributed by atoms with E-state index >= 15 is 0 Å². The maximum absolute atomic E-state index is 13.0. The third kappa shape index (κ3) is 2.85. The van der Waals surface area contributed by atoms with E-state index in [0.717, 1.165) is 55.7 Å². The lowest BCUT2D eigenvalue weighted by Gasteiger charge is -2.58. The number of rotatable bonds is 4. The summed E-state index contributed by atoms with van der Waals surface area (Å²) in [6.07, 6.45) is 4.16. The minimum absolute atomic E-state index is 0.141. The molecule has 3 heterocycles. The van der Waals surface area contributed by atoms with Crippen LogP contribution in [-0.2, 0) is 4.74 Å². The molecule has 2 saturated heterocycles. The first kappa shape index (κ1) is 16.6. The van der Waals surface area contributed by atoms with Crippen LogP contribution in [0.15, 0.2) is 30.5 Å². The van der Waals surface area contributed by atoms with Gasteiger partial charge in [-0.2, -0.15) is 0 Å². The van der Waals surface area contributed by atoms with Crippen molar-refractivity contribution in [3.05, 3.63) is 36.0 Å². The van der Waals surface area contributed by atoms with E-state index in [-0.39, 0.29) is 11.4 Å². The van der Waals surface area contributed by atoms with Crippen LogP contribution in [0.1, 0.15) is 30.1 Å². The largest absolute Gasteiger partial charge is 0.381 e. The summed E-state index contributed by atoms with van der Waals surface area (Å²) < 4.78 is 5.65. The van der Waals surface area contributed by atoms with Crippen LogP contribution in [0.25, 0.3) is 10.9 Å². The van der Waals surface area contributed by atoms with Crippen LogP contribution < -0.4 is 0 Å². The van der Waals surface area contributed by atoms with E-state index in [2.05, 4.69) is 23.9 Å². The van der Waals surface area contributed by atoms with E-state index in [0.29, 0.717) is 5.92 Å². The molecule has 0 radical (unpaired) electrons. The molecule has 5 nitrogen and oxygen atoms in total. The van der Waals surface area contributed by atoms with E-state index in [1.54, 1.807) is 0 Å². The second kappa shape index (κ2) is 6.46. The molecule has 1 N–H and O–H groups in total. The predicted octanol–water partition coefficient (Wildman–Crippen LogP) is 2.74. The molecule has 1 amide bonds. The number of carbonyl (C=O) groups is 1. The van der Waals surface area contributed by atoms with Gasteiger partial charge in [-0.3, -0.25) is 9.69 Å². The predicted molar refractivity (Wildman–Crippen MR) is 98.8 cm³/mol. The van der Waals surface area contributed by atoms with Crippen LogP contribution in [0, 0.1) is 5.92 Å². The standard InChI is InChI=1S/C20H27N3O2/c1-3-25-12-15-8-9-22(2)20(10-15)13-23(14-20)19(24)17-11-21-18-7-5-4-6-16(17)18/h4-7,11,15,21H,3,8-10,12-14H2,1-2H3/t15-/m1/s1. The Hall–Kier alpha value is -1.85. The summed E-state index contributed by atoms with van der Waals surface area (Å²) in [7, 11) is 2.20. The molecule has 1 aromatic carbocycles. The SMILES string of the molecule is CCOC[C@@H]1CCN(C)C2(C1)CN(C(=O)c1c[nH]c3ccccc13)C2. The lowest BCUT2D eigenvalue weighted by molar-refractivity contribution is -0.0751. The second-order valence-electron chi connectivity index (χ2n) is 7.57. The van der Waals surface area contributed by atoms with Crippen LogP contribution in [0.5, 0.6) is 0 Å². The summed E-state index contributed by atoms with van der Waals surface area (Å²) in [4.78, 5) is 20.6. The summed E-state index contributed by atoms with van der Waals surface area (Å²) >= 11 is 0. The molecule has 1 atom stereocenters. The quantitative estimate of drug-likeness (QED) is 0.930. The minimum atomic E-state index is 0.141. The van der Waals surface area contributed by atoms with Gasteiger partial charge in [-0.25, -0.2) is 0 Å². The number of likely N-dealkylation sites (N-methyl/N-ethyl adjacent to an activating group) is 1. The average Bonchev–Trinajstić information content (AvgIpc) is 3.03. The van der Waals surface area contributed by atoms with Gasteiger partial charge in [0.05, 0.1) is 11.1 Å². The van der Waals surface area contributed by atoms with Gasteiger partial charge in [0.25, 0.3) is 5.91 Å². The number of nitrogens with zero attached hydrogens (tertiary/aromatic N) is 2. The number of aromatic nitrogens is 1. The smallest absolute Gasteiger partial charge is 0.256 e. The van der Waals surface area contributed by atoms with Crippen molar-refractivity contribution in [1.82, 2.24) is 14.8 Å². The maximum atomic E-state index is 13.0. The highest BCUT2D eigenvalue weighted by Gasteiger charge is 2.51. The van der Waals surface area contributed by atoms with Crippen molar-refractivity contribution in [2.45, 2.75) is 25.3 Å². The highest BCUT2D eigenvalue weighted by Crippen LogP contribution is 2.39. The van der Waals surface area contributed by atoms with Gasteiger partial charge in [-0.1, -0.05) is 18.2 Å². The number of hydrogen-bond donors (Lipinski definition) is 1. The van der Waals surface area contributed by atoms with E-state index in [1.807, 2.05) is 35.4 Å². The number of fused-ring (bicyclic) bond motifs is 1. The number of para-hydroxylation sites is 1. The number of piperidine rings is 1. The lowest BCUT2D eigenvalue weighted by Crippen LogP contribution is -2.72. The number of H-pyrrole nitrogens is 1. The Balaban J connectivity index is 1.46. The Morgan fingerprint density at radius 1 is 1.36 bits per heavy atom. The number of hydrogen-bond acceptors (Lipinski definition) is 3. The molecule has 0 unspecified atom stereocenters. The zero-order chi connectivity index (χ0) is 17.4. The molecule has 0 saturated carbocycles. The van der Waals surface area contributed by atoms with E-state index in [1.165, 1.54) is 6.42 Å². The number of ether oxygens (including phenoxy) is 1. The monoisotopic (exact) mass is 341 g/mol. The molecule has 2 aliphatic rings. The first-order chi connectivity index (χ1) is 12.1. The Labute approximate surface area is 148 Å². The normalized spacial score (nSPS) is 23.1. The van der Waals surface area contributed by atoms with Crippen molar-refractivity contribution < 1.29 is 9.53 Å². The van der Waals surface area contributed by atoms with Gasteiger partial charge in [0, 0.05) is 43.4 Å². The fourth-order valence-electron chi connectivity index (χ4n) is 4.43. The van der Waals surface area contributed by atoms with Gasteiger partial charge < -0.3 is 14.6 Å². The second-order valence-corrected chi connectivity index (χ2v) is 7.57. The minimum Gasteiger partial charge on any atom is -0.381 e. The third-order valence-corrected chi connectivity index (χ3v) is 5.99. The number of nitrogens with one attached hydrogen (secondary N) is 1. The van der Waals surface area contributed by atoms with Gasteiger partial charge in [-0.15, -0.1) is 0 Å². The van der Waals surface area contributed by atoms with Gasteiger partial charge in [0.15, 0.2) is 0 Å². The molecule has 1 spiro atoms. The summed E-state index contributed by atoms with van der Waals surface area (Å²) in [5.74, 6) is 0.755. The number of likely N-dealkylation sites (tertiary alicyclic amines) is 2. The molecule has 1 aromatic heterocycles. The molecule has 5 heteroatoms. The van der Waals surface area contributed by atoms with Crippen molar-refractivity contribution in [2.24, 2.45) is 5.92 Å². The van der Waals surface area contributed by atoms with E-state index in [4.69, 9.17) is 4.74 Å². The Morgan fingerprint density at radius 3 is 2.96 bits per heavy atom. The van der Waals surface area contributed by atoms with Crippen LogP contribution in [0.4, 0.5) is 0 Å². The summed E-state index contributed by atoms with van der Waals surface area (Å²) in [6.45, 7) is 6.42. The molecule has 2 fully saturated rings. The molecule has 2 aromatic rings. The lowest BCUT2D eigenvalue weighted by atomic mass is 9.75. The van der Waals surface area contributed by atoms with Gasteiger partial charge in [0.1, 0.15) is 0 Å². The number of benzene rings is 1. The van der Waals surface area contributed by atoms with Crippen LogP contribution in [0.3, 0.4) is 0 Å². The van der Waals surface area contributed by atoms with Crippen LogP contribution in [0.2, 0.25) is 0 Å².